The van der Waals surface area contributed by atoms with Gasteiger partial charge in [-0.2, -0.15) is 4.98 Å². The first kappa shape index (κ1) is 22.6. The Hall–Kier alpha value is -3.60. The molecule has 0 unspecified atom stereocenters. The second-order valence-electron chi connectivity index (χ2n) is 8.48. The molecule has 1 amide bonds. The second kappa shape index (κ2) is 8.74. The normalized spacial score (nSPS) is 15.3. The number of benzene rings is 1. The third-order valence-corrected chi connectivity index (χ3v) is 5.78. The Bertz CT molecular complexity index is 1230. The first-order chi connectivity index (χ1) is 15.6. The number of halogens is 1. The van der Waals surface area contributed by atoms with Crippen molar-refractivity contribution >= 4 is 5.91 Å². The largest absolute Gasteiger partial charge is 0.502 e. The van der Waals surface area contributed by atoms with Crippen molar-refractivity contribution in [2.24, 2.45) is 0 Å². The fraction of sp³-hybridized carbons (Fsp3) is 0.409. The number of carbonyl (C=O) groups is 1. The summed E-state index contributed by atoms with van der Waals surface area (Å²) in [4.78, 5) is 36.1. The summed E-state index contributed by atoms with van der Waals surface area (Å²) < 4.78 is 19.5. The average Bonchev–Trinajstić information content (AvgIpc) is 3.18. The number of aryl methyl sites for hydroxylation is 1. The summed E-state index contributed by atoms with van der Waals surface area (Å²) in [6.45, 7) is 6.96. The molecule has 0 aliphatic carbocycles. The molecule has 10 nitrogen and oxygen atoms in total. The molecule has 0 atom stereocenters. The van der Waals surface area contributed by atoms with Crippen molar-refractivity contribution in [3.8, 4) is 5.75 Å². The van der Waals surface area contributed by atoms with E-state index < -0.39 is 22.8 Å². The van der Waals surface area contributed by atoms with Crippen LogP contribution in [-0.4, -0.2) is 42.2 Å². The Kier molecular flexibility index (Phi) is 5.98. The van der Waals surface area contributed by atoms with Gasteiger partial charge in [0, 0.05) is 26.6 Å². The van der Waals surface area contributed by atoms with Gasteiger partial charge < -0.3 is 14.9 Å². The smallest absolute Gasteiger partial charge is 0.296 e. The van der Waals surface area contributed by atoms with Gasteiger partial charge in [-0.05, 0) is 31.5 Å². The van der Waals surface area contributed by atoms with Crippen molar-refractivity contribution in [2.45, 2.75) is 52.4 Å². The van der Waals surface area contributed by atoms with Gasteiger partial charge in [-0.25, -0.2) is 9.37 Å². The van der Waals surface area contributed by atoms with Gasteiger partial charge in [-0.1, -0.05) is 17.3 Å². The highest BCUT2D eigenvalue weighted by atomic mass is 19.1. The van der Waals surface area contributed by atoms with Crippen molar-refractivity contribution in [3.63, 3.8) is 0 Å². The molecule has 33 heavy (non-hydrogen) atoms. The van der Waals surface area contributed by atoms with Gasteiger partial charge in [-0.3, -0.25) is 19.1 Å². The van der Waals surface area contributed by atoms with Crippen LogP contribution in [0, 0.1) is 12.7 Å². The van der Waals surface area contributed by atoms with Crippen LogP contribution in [0.5, 0.6) is 5.75 Å². The van der Waals surface area contributed by atoms with Gasteiger partial charge in [0.15, 0.2) is 5.82 Å². The molecule has 0 spiro atoms. The maximum atomic E-state index is 13.0. The van der Waals surface area contributed by atoms with E-state index in [-0.39, 0.29) is 24.5 Å². The lowest BCUT2D eigenvalue weighted by Crippen LogP contribution is -2.52. The minimum atomic E-state index is -0.695. The fourth-order valence-electron chi connectivity index (χ4n) is 3.90. The predicted molar refractivity (Wildman–Crippen MR) is 115 cm³/mol. The van der Waals surface area contributed by atoms with Crippen LogP contribution in [0.3, 0.4) is 0 Å². The van der Waals surface area contributed by atoms with E-state index in [2.05, 4.69) is 25.3 Å². The molecular weight excluding hydrogens is 431 g/mol. The number of fused-ring (bicyclic) bond motifs is 1. The monoisotopic (exact) mass is 456 g/mol. The summed E-state index contributed by atoms with van der Waals surface area (Å²) in [5.74, 6) is 0.120. The van der Waals surface area contributed by atoms with Crippen LogP contribution in [0.15, 0.2) is 33.6 Å². The van der Waals surface area contributed by atoms with Crippen LogP contribution in [0.4, 0.5) is 4.39 Å². The standard InChI is InChI=1S/C22H25FN6O4/c1-13-25-17(27-33-13)12-28-8-9-29-20(32)19(31)16(26-21(29)22(28,2)3)10-18(30)24-11-14-4-6-15(23)7-5-14/h4-7,31H,8-12H2,1-3H3,(H,24,30). The highest BCUT2D eigenvalue weighted by Gasteiger charge is 2.38. The zero-order valence-corrected chi connectivity index (χ0v) is 18.6. The van der Waals surface area contributed by atoms with E-state index in [0.717, 1.165) is 5.56 Å². The molecule has 4 rings (SSSR count). The number of amides is 1. The van der Waals surface area contributed by atoms with Gasteiger partial charge in [0.1, 0.15) is 11.6 Å². The number of aromatic hydroxyl groups is 1. The third-order valence-electron chi connectivity index (χ3n) is 5.78. The van der Waals surface area contributed by atoms with E-state index in [1.807, 2.05) is 13.8 Å². The van der Waals surface area contributed by atoms with Crippen molar-refractivity contribution in [1.82, 2.24) is 29.9 Å². The van der Waals surface area contributed by atoms with Crippen LogP contribution in [0.25, 0.3) is 0 Å². The Morgan fingerprint density at radius 3 is 2.64 bits per heavy atom. The van der Waals surface area contributed by atoms with E-state index >= 15 is 0 Å². The number of hydrogen-bond donors (Lipinski definition) is 2. The summed E-state index contributed by atoms with van der Waals surface area (Å²) >= 11 is 0. The first-order valence-corrected chi connectivity index (χ1v) is 10.5. The van der Waals surface area contributed by atoms with Gasteiger partial charge in [0.2, 0.25) is 17.5 Å². The molecule has 174 valence electrons. The number of nitrogens with zero attached hydrogens (tertiary/aromatic N) is 5. The number of rotatable bonds is 6. The van der Waals surface area contributed by atoms with E-state index in [1.165, 1.54) is 16.7 Å². The summed E-state index contributed by atoms with van der Waals surface area (Å²) in [6.07, 6.45) is -0.268. The van der Waals surface area contributed by atoms with Gasteiger partial charge >= 0.3 is 0 Å². The molecule has 1 aromatic carbocycles. The van der Waals surface area contributed by atoms with Crippen LogP contribution in [0.2, 0.25) is 0 Å². The average molecular weight is 456 g/mol. The minimum Gasteiger partial charge on any atom is -0.502 e. The Morgan fingerprint density at radius 2 is 1.97 bits per heavy atom. The van der Waals surface area contributed by atoms with Gasteiger partial charge in [0.25, 0.3) is 5.56 Å². The SMILES string of the molecule is Cc1nc(CN2CCn3c(nc(CC(=O)NCc4ccc(F)cc4)c(O)c3=O)C2(C)C)no1. The predicted octanol–water partition coefficient (Wildman–Crippen LogP) is 1.39. The molecule has 11 heteroatoms. The molecule has 2 N–H and O–H groups in total. The van der Waals surface area contributed by atoms with Crippen molar-refractivity contribution in [1.29, 1.82) is 0 Å². The lowest BCUT2D eigenvalue weighted by atomic mass is 9.98. The molecule has 0 bridgehead atoms. The molecule has 0 saturated carbocycles. The van der Waals surface area contributed by atoms with E-state index in [1.54, 1.807) is 19.1 Å². The van der Waals surface area contributed by atoms with Crippen molar-refractivity contribution in [3.05, 3.63) is 69.2 Å². The highest BCUT2D eigenvalue weighted by Crippen LogP contribution is 2.31. The fourth-order valence-corrected chi connectivity index (χ4v) is 3.90. The minimum absolute atomic E-state index is 0.00758. The molecule has 3 heterocycles. The molecule has 1 aliphatic heterocycles. The van der Waals surface area contributed by atoms with Crippen LogP contribution >= 0.6 is 0 Å². The van der Waals surface area contributed by atoms with Crippen molar-refractivity contribution in [2.75, 3.05) is 6.54 Å². The zero-order chi connectivity index (χ0) is 23.8. The second-order valence-corrected chi connectivity index (χ2v) is 8.48. The number of carbonyl (C=O) groups excluding carboxylic acids is 1. The quantitative estimate of drug-likeness (QED) is 0.570. The summed E-state index contributed by atoms with van der Waals surface area (Å²) in [6, 6.07) is 5.75. The number of hydrogen-bond acceptors (Lipinski definition) is 8. The van der Waals surface area contributed by atoms with Crippen LogP contribution in [-0.2, 0) is 36.4 Å². The van der Waals surface area contributed by atoms with E-state index in [4.69, 9.17) is 4.52 Å². The molecule has 2 aromatic heterocycles. The maximum Gasteiger partial charge on any atom is 0.296 e. The lowest BCUT2D eigenvalue weighted by Gasteiger charge is -2.42. The van der Waals surface area contributed by atoms with Gasteiger partial charge in [-0.15, -0.1) is 0 Å². The summed E-state index contributed by atoms with van der Waals surface area (Å²) in [5, 5.41) is 17.1. The van der Waals surface area contributed by atoms with Crippen LogP contribution < -0.4 is 10.9 Å². The van der Waals surface area contributed by atoms with Crippen LogP contribution in [0.1, 0.15) is 42.6 Å². The zero-order valence-electron chi connectivity index (χ0n) is 18.6. The Balaban J connectivity index is 1.54. The lowest BCUT2D eigenvalue weighted by molar-refractivity contribution is -0.120. The van der Waals surface area contributed by atoms with E-state index in [0.29, 0.717) is 37.2 Å². The Morgan fingerprint density at radius 1 is 1.24 bits per heavy atom. The first-order valence-electron chi connectivity index (χ1n) is 10.5. The highest BCUT2D eigenvalue weighted by molar-refractivity contribution is 5.78. The van der Waals surface area contributed by atoms with Gasteiger partial charge in [0.05, 0.1) is 24.2 Å². The molecule has 0 fully saturated rings. The number of aromatic nitrogens is 4. The maximum absolute atomic E-state index is 13.0. The third kappa shape index (κ3) is 4.63. The molecule has 3 aromatic rings. The number of nitrogens with one attached hydrogen (secondary N) is 1. The summed E-state index contributed by atoms with van der Waals surface area (Å²) in [7, 11) is 0. The molecule has 0 radical (unpaired) electrons. The Labute approximate surface area is 189 Å². The molecule has 1 aliphatic rings. The van der Waals surface area contributed by atoms with E-state index in [9.17, 15) is 19.1 Å². The summed E-state index contributed by atoms with van der Waals surface area (Å²) in [5.41, 5.74) is -0.544. The topological polar surface area (TPSA) is 126 Å². The molecular formula is C22H25FN6O4. The van der Waals surface area contributed by atoms with Crippen molar-refractivity contribution < 1.29 is 18.8 Å². The molecule has 0 saturated heterocycles.